The molecule has 2 aliphatic heterocycles. The van der Waals surface area contributed by atoms with Gasteiger partial charge >= 0.3 is 12.1 Å². The third-order valence-corrected chi connectivity index (χ3v) is 6.04. The summed E-state index contributed by atoms with van der Waals surface area (Å²) in [6.45, 7) is 12.6. The van der Waals surface area contributed by atoms with Gasteiger partial charge in [-0.25, -0.2) is 9.59 Å². The molecule has 1 aromatic carbocycles. The minimum absolute atomic E-state index is 0.0263. The predicted molar refractivity (Wildman–Crippen MR) is 122 cm³/mol. The summed E-state index contributed by atoms with van der Waals surface area (Å²) < 4.78 is 11.0. The highest BCUT2D eigenvalue weighted by Crippen LogP contribution is 2.32. The molecule has 0 saturated carbocycles. The second kappa shape index (κ2) is 8.66. The van der Waals surface area contributed by atoms with Crippen molar-refractivity contribution in [3.63, 3.8) is 0 Å². The maximum atomic E-state index is 12.5. The fourth-order valence-electron chi connectivity index (χ4n) is 4.35. The van der Waals surface area contributed by atoms with E-state index in [1.165, 1.54) is 4.90 Å². The van der Waals surface area contributed by atoms with Crippen molar-refractivity contribution in [2.45, 2.75) is 59.2 Å². The normalized spacial score (nSPS) is 20.3. The molecule has 2 saturated heterocycles. The summed E-state index contributed by atoms with van der Waals surface area (Å²) in [5.74, 6) is 0.138. The molecule has 0 aliphatic carbocycles. The zero-order valence-corrected chi connectivity index (χ0v) is 19.8. The van der Waals surface area contributed by atoms with Gasteiger partial charge in [0.1, 0.15) is 5.60 Å². The molecular formula is C23H31N5O5. The number of fused-ring (bicyclic) bond motifs is 1. The summed E-state index contributed by atoms with van der Waals surface area (Å²) >= 11 is 0. The first-order valence-electron chi connectivity index (χ1n) is 11.2. The number of ether oxygens (including phenoxy) is 1. The van der Waals surface area contributed by atoms with Crippen molar-refractivity contribution in [3.05, 3.63) is 23.3 Å². The van der Waals surface area contributed by atoms with E-state index in [2.05, 4.69) is 15.4 Å². The van der Waals surface area contributed by atoms with Gasteiger partial charge in [0.05, 0.1) is 5.39 Å². The Hall–Kier alpha value is -3.14. The van der Waals surface area contributed by atoms with Crippen molar-refractivity contribution < 1.29 is 23.6 Å². The van der Waals surface area contributed by atoms with Crippen LogP contribution in [-0.2, 0) is 16.1 Å². The monoisotopic (exact) mass is 457 g/mol. The number of imide groups is 1. The zero-order chi connectivity index (χ0) is 23.9. The van der Waals surface area contributed by atoms with Crippen molar-refractivity contribution in [3.8, 4) is 0 Å². The number of hydrogen-bond donors (Lipinski definition) is 1. The standard InChI is InChI=1S/C23H31N5O5/c1-14-12-26(10-11-27(14)22(31)32-23(3,4)5)13-16-6-7-17-19(15(16)2)20(25-33-17)28-9-8-18(29)24-21(28)30/h6-7,14H,8-13H2,1-5H3,(H,24,29,30)/t14-/m0/s1. The Morgan fingerprint density at radius 1 is 1.24 bits per heavy atom. The number of aromatic nitrogens is 1. The Morgan fingerprint density at radius 2 is 2.00 bits per heavy atom. The number of carbonyl (C=O) groups is 3. The Bertz CT molecular complexity index is 1090. The lowest BCUT2D eigenvalue weighted by molar-refractivity contribution is -0.120. The van der Waals surface area contributed by atoms with Crippen LogP contribution in [0, 0.1) is 6.92 Å². The molecule has 178 valence electrons. The maximum absolute atomic E-state index is 12.5. The SMILES string of the molecule is Cc1c(CN2CCN(C(=O)OC(C)(C)C)[C@@H](C)C2)ccc2onc(N3CCC(=O)NC3=O)c12. The molecule has 1 aromatic heterocycles. The second-order valence-electron chi connectivity index (χ2n) is 9.74. The average molecular weight is 458 g/mol. The average Bonchev–Trinajstić information content (AvgIpc) is 3.13. The minimum atomic E-state index is -0.519. The summed E-state index contributed by atoms with van der Waals surface area (Å²) in [7, 11) is 0. The van der Waals surface area contributed by atoms with E-state index in [0.29, 0.717) is 24.5 Å². The highest BCUT2D eigenvalue weighted by atomic mass is 16.6. The molecule has 1 atom stereocenters. The van der Waals surface area contributed by atoms with Crippen molar-refractivity contribution in [1.82, 2.24) is 20.3 Å². The summed E-state index contributed by atoms with van der Waals surface area (Å²) in [4.78, 5) is 41.9. The quantitative estimate of drug-likeness (QED) is 0.755. The number of benzene rings is 1. The number of anilines is 1. The number of piperazine rings is 1. The number of urea groups is 1. The molecule has 2 aliphatic rings. The fourth-order valence-corrected chi connectivity index (χ4v) is 4.35. The van der Waals surface area contributed by atoms with Crippen LogP contribution in [-0.4, -0.2) is 70.8 Å². The van der Waals surface area contributed by atoms with E-state index in [-0.39, 0.29) is 31.0 Å². The van der Waals surface area contributed by atoms with Crippen molar-refractivity contribution in [1.29, 1.82) is 0 Å². The minimum Gasteiger partial charge on any atom is -0.444 e. The molecule has 0 radical (unpaired) electrons. The van der Waals surface area contributed by atoms with E-state index in [1.54, 1.807) is 4.90 Å². The molecule has 1 N–H and O–H groups in total. The van der Waals surface area contributed by atoms with Gasteiger partial charge in [0.15, 0.2) is 11.4 Å². The van der Waals surface area contributed by atoms with Crippen LogP contribution in [0.4, 0.5) is 15.4 Å². The smallest absolute Gasteiger partial charge is 0.410 e. The Morgan fingerprint density at radius 3 is 2.67 bits per heavy atom. The highest BCUT2D eigenvalue weighted by molar-refractivity contribution is 6.09. The molecule has 2 aromatic rings. The van der Waals surface area contributed by atoms with Gasteiger partial charge in [-0.1, -0.05) is 11.2 Å². The summed E-state index contributed by atoms with van der Waals surface area (Å²) in [5.41, 5.74) is 2.16. The van der Waals surface area contributed by atoms with Crippen LogP contribution < -0.4 is 10.2 Å². The molecule has 33 heavy (non-hydrogen) atoms. The first kappa shape index (κ1) is 23.0. The van der Waals surface area contributed by atoms with E-state index in [4.69, 9.17) is 9.26 Å². The number of aryl methyl sites for hydroxylation is 1. The van der Waals surface area contributed by atoms with Crippen LogP contribution in [0.5, 0.6) is 0 Å². The van der Waals surface area contributed by atoms with E-state index < -0.39 is 11.6 Å². The van der Waals surface area contributed by atoms with E-state index in [9.17, 15) is 14.4 Å². The van der Waals surface area contributed by atoms with Crippen LogP contribution in [0.2, 0.25) is 0 Å². The lowest BCUT2D eigenvalue weighted by Gasteiger charge is -2.40. The molecule has 4 rings (SSSR count). The molecular weight excluding hydrogens is 426 g/mol. The van der Waals surface area contributed by atoms with Gasteiger partial charge in [0.2, 0.25) is 5.91 Å². The van der Waals surface area contributed by atoms with Gasteiger partial charge in [-0.15, -0.1) is 0 Å². The van der Waals surface area contributed by atoms with E-state index >= 15 is 0 Å². The molecule has 2 fully saturated rings. The van der Waals surface area contributed by atoms with Gasteiger partial charge in [0.25, 0.3) is 0 Å². The molecule has 10 heteroatoms. The van der Waals surface area contributed by atoms with Gasteiger partial charge in [-0.05, 0) is 51.8 Å². The van der Waals surface area contributed by atoms with Crippen LogP contribution in [0.25, 0.3) is 11.0 Å². The summed E-state index contributed by atoms with van der Waals surface area (Å²) in [6, 6.07) is 3.41. The van der Waals surface area contributed by atoms with Crippen molar-refractivity contribution in [2.24, 2.45) is 0 Å². The number of hydrogen-bond acceptors (Lipinski definition) is 7. The molecule has 10 nitrogen and oxygen atoms in total. The molecule has 3 heterocycles. The zero-order valence-electron chi connectivity index (χ0n) is 19.8. The molecule has 0 bridgehead atoms. The van der Waals surface area contributed by atoms with Gasteiger partial charge in [-0.2, -0.15) is 0 Å². The summed E-state index contributed by atoms with van der Waals surface area (Å²) in [5, 5.41) is 7.23. The topological polar surface area (TPSA) is 108 Å². The van der Waals surface area contributed by atoms with Crippen LogP contribution >= 0.6 is 0 Å². The van der Waals surface area contributed by atoms with Crippen molar-refractivity contribution >= 4 is 34.8 Å². The Balaban J connectivity index is 1.50. The van der Waals surface area contributed by atoms with Crippen molar-refractivity contribution in [2.75, 3.05) is 31.1 Å². The van der Waals surface area contributed by atoms with Gasteiger partial charge in [0, 0.05) is 45.2 Å². The van der Waals surface area contributed by atoms with Crippen LogP contribution in [0.3, 0.4) is 0 Å². The second-order valence-corrected chi connectivity index (χ2v) is 9.74. The molecule has 0 spiro atoms. The molecule has 4 amide bonds. The third-order valence-electron chi connectivity index (χ3n) is 6.04. The van der Waals surface area contributed by atoms with E-state index in [1.807, 2.05) is 46.8 Å². The lowest BCUT2D eigenvalue weighted by atomic mass is 10.0. The number of carbonyl (C=O) groups excluding carboxylic acids is 3. The first-order valence-corrected chi connectivity index (χ1v) is 11.2. The van der Waals surface area contributed by atoms with Gasteiger partial charge < -0.3 is 14.2 Å². The summed E-state index contributed by atoms with van der Waals surface area (Å²) in [6.07, 6.45) is -0.0572. The van der Waals surface area contributed by atoms with Crippen LogP contribution in [0.1, 0.15) is 45.2 Å². The Kier molecular flexibility index (Phi) is 6.04. The number of rotatable bonds is 3. The van der Waals surface area contributed by atoms with Gasteiger partial charge in [-0.3, -0.25) is 19.9 Å². The Labute approximate surface area is 192 Å². The number of nitrogens with zero attached hydrogens (tertiary/aromatic N) is 4. The largest absolute Gasteiger partial charge is 0.444 e. The molecule has 0 unspecified atom stereocenters. The third kappa shape index (κ3) is 4.80. The highest BCUT2D eigenvalue weighted by Gasteiger charge is 2.32. The fraction of sp³-hybridized carbons (Fsp3) is 0.565. The number of nitrogens with one attached hydrogen (secondary N) is 1. The number of amides is 4. The first-order chi connectivity index (χ1) is 15.5. The lowest BCUT2D eigenvalue weighted by Crippen LogP contribution is -2.54. The van der Waals surface area contributed by atoms with Crippen LogP contribution in [0.15, 0.2) is 16.7 Å². The predicted octanol–water partition coefficient (Wildman–Crippen LogP) is 3.02. The van der Waals surface area contributed by atoms with E-state index in [0.717, 1.165) is 29.6 Å². The maximum Gasteiger partial charge on any atom is 0.410 e.